The minimum absolute atomic E-state index is 0.339. The normalized spacial score (nSPS) is 12.5. The molecule has 1 N–H and O–H groups in total. The molecule has 0 radical (unpaired) electrons. The summed E-state index contributed by atoms with van der Waals surface area (Å²) >= 11 is 0. The molecule has 1 rings (SSSR count). The number of carboxylic acid groups (broad SMARTS) is 1. The summed E-state index contributed by atoms with van der Waals surface area (Å²) < 4.78 is 5.19. The Bertz CT molecular complexity index is 358. The maximum atomic E-state index is 11.2. The molecule has 0 aliphatic heterocycles. The van der Waals surface area contributed by atoms with Crippen molar-refractivity contribution in [2.45, 2.75) is 26.2 Å². The van der Waals surface area contributed by atoms with Crippen molar-refractivity contribution in [3.8, 4) is 5.75 Å². The molecule has 0 heterocycles. The zero-order chi connectivity index (χ0) is 12.1. The van der Waals surface area contributed by atoms with E-state index in [-0.39, 0.29) is 0 Å². The molecular formula is C13H18O3. The van der Waals surface area contributed by atoms with Crippen molar-refractivity contribution in [3.05, 3.63) is 29.8 Å². The van der Waals surface area contributed by atoms with Crippen LogP contribution in [0.25, 0.3) is 0 Å². The van der Waals surface area contributed by atoms with Crippen LogP contribution >= 0.6 is 0 Å². The first kappa shape index (κ1) is 12.6. The lowest BCUT2D eigenvalue weighted by Crippen LogP contribution is -2.14. The first-order valence-corrected chi connectivity index (χ1v) is 5.42. The molecule has 1 atom stereocenters. The maximum absolute atomic E-state index is 11.2. The van der Waals surface area contributed by atoms with Gasteiger partial charge in [0.15, 0.2) is 0 Å². The molecule has 16 heavy (non-hydrogen) atoms. The summed E-state index contributed by atoms with van der Waals surface area (Å²) in [4.78, 5) is 11.2. The Kier molecular flexibility index (Phi) is 4.35. The van der Waals surface area contributed by atoms with Crippen LogP contribution in [0.3, 0.4) is 0 Å². The Morgan fingerprint density at radius 1 is 1.38 bits per heavy atom. The maximum Gasteiger partial charge on any atom is 0.311 e. The number of para-hydroxylation sites is 1. The number of benzene rings is 1. The SMILES string of the molecule is COc1ccccc1C(CC(C)C)C(=O)O. The van der Waals surface area contributed by atoms with E-state index in [9.17, 15) is 9.90 Å². The minimum Gasteiger partial charge on any atom is -0.496 e. The van der Waals surface area contributed by atoms with E-state index in [1.807, 2.05) is 32.0 Å². The molecule has 0 bridgehead atoms. The highest BCUT2D eigenvalue weighted by atomic mass is 16.5. The lowest BCUT2D eigenvalue weighted by molar-refractivity contribution is -0.139. The number of aliphatic carboxylic acids is 1. The van der Waals surface area contributed by atoms with Crippen molar-refractivity contribution >= 4 is 5.97 Å². The zero-order valence-corrected chi connectivity index (χ0v) is 9.93. The number of hydrogen-bond acceptors (Lipinski definition) is 2. The molecule has 0 aromatic heterocycles. The highest BCUT2D eigenvalue weighted by Crippen LogP contribution is 2.31. The highest BCUT2D eigenvalue weighted by Gasteiger charge is 2.23. The summed E-state index contributed by atoms with van der Waals surface area (Å²) in [5.41, 5.74) is 0.756. The van der Waals surface area contributed by atoms with E-state index >= 15 is 0 Å². The van der Waals surface area contributed by atoms with Gasteiger partial charge in [-0.05, 0) is 18.4 Å². The first-order chi connectivity index (χ1) is 7.56. The summed E-state index contributed by atoms with van der Waals surface area (Å²) in [7, 11) is 1.56. The topological polar surface area (TPSA) is 46.5 Å². The predicted octanol–water partition coefficient (Wildman–Crippen LogP) is 2.91. The third kappa shape index (κ3) is 2.99. The zero-order valence-electron chi connectivity index (χ0n) is 9.93. The molecule has 0 aliphatic carbocycles. The Morgan fingerprint density at radius 3 is 2.50 bits per heavy atom. The van der Waals surface area contributed by atoms with Gasteiger partial charge in [0, 0.05) is 5.56 Å². The van der Waals surface area contributed by atoms with Crippen LogP contribution in [-0.4, -0.2) is 18.2 Å². The molecule has 0 spiro atoms. The third-order valence-electron chi connectivity index (χ3n) is 2.52. The number of methoxy groups -OCH3 is 1. The Morgan fingerprint density at radius 2 is 2.00 bits per heavy atom. The molecule has 1 aromatic carbocycles. The second-order valence-corrected chi connectivity index (χ2v) is 4.26. The van der Waals surface area contributed by atoms with Crippen LogP contribution in [0.2, 0.25) is 0 Å². The molecule has 1 unspecified atom stereocenters. The van der Waals surface area contributed by atoms with E-state index in [4.69, 9.17) is 4.74 Å². The quantitative estimate of drug-likeness (QED) is 0.833. The lowest BCUT2D eigenvalue weighted by Gasteiger charge is -2.17. The Labute approximate surface area is 96.1 Å². The van der Waals surface area contributed by atoms with Gasteiger partial charge in [0.05, 0.1) is 13.0 Å². The Balaban J connectivity index is 3.05. The number of rotatable bonds is 5. The number of carbonyl (C=O) groups is 1. The summed E-state index contributed by atoms with van der Waals surface area (Å²) in [5.74, 6) is -0.295. The van der Waals surface area contributed by atoms with E-state index in [1.54, 1.807) is 13.2 Å². The molecule has 88 valence electrons. The molecule has 1 aromatic rings. The van der Waals surface area contributed by atoms with Crippen molar-refractivity contribution < 1.29 is 14.6 Å². The van der Waals surface area contributed by atoms with Crippen LogP contribution in [0.1, 0.15) is 31.7 Å². The smallest absolute Gasteiger partial charge is 0.311 e. The second kappa shape index (κ2) is 5.54. The molecule has 3 heteroatoms. The largest absolute Gasteiger partial charge is 0.496 e. The Hall–Kier alpha value is -1.51. The fourth-order valence-electron chi connectivity index (χ4n) is 1.79. The minimum atomic E-state index is -0.793. The molecule has 0 aliphatic rings. The summed E-state index contributed by atoms with van der Waals surface area (Å²) in [6.45, 7) is 4.04. The molecule has 3 nitrogen and oxygen atoms in total. The lowest BCUT2D eigenvalue weighted by atomic mass is 9.90. The fraction of sp³-hybridized carbons (Fsp3) is 0.462. The van der Waals surface area contributed by atoms with Crippen molar-refractivity contribution in [1.29, 1.82) is 0 Å². The molecule has 0 amide bonds. The summed E-state index contributed by atoms with van der Waals surface area (Å²) in [6.07, 6.45) is 0.621. The van der Waals surface area contributed by atoms with E-state index in [0.717, 1.165) is 5.56 Å². The number of ether oxygens (including phenoxy) is 1. The van der Waals surface area contributed by atoms with E-state index in [1.165, 1.54) is 0 Å². The van der Waals surface area contributed by atoms with Gasteiger partial charge in [-0.2, -0.15) is 0 Å². The van der Waals surface area contributed by atoms with Gasteiger partial charge in [-0.1, -0.05) is 32.0 Å². The third-order valence-corrected chi connectivity index (χ3v) is 2.52. The van der Waals surface area contributed by atoms with Gasteiger partial charge in [-0.25, -0.2) is 0 Å². The van der Waals surface area contributed by atoms with E-state index < -0.39 is 11.9 Å². The fourth-order valence-corrected chi connectivity index (χ4v) is 1.79. The molecular weight excluding hydrogens is 204 g/mol. The number of carboxylic acids is 1. The van der Waals surface area contributed by atoms with Gasteiger partial charge < -0.3 is 9.84 Å². The summed E-state index contributed by atoms with van der Waals surface area (Å²) in [6, 6.07) is 7.30. The van der Waals surface area contributed by atoms with E-state index in [2.05, 4.69) is 0 Å². The van der Waals surface area contributed by atoms with Crippen molar-refractivity contribution in [3.63, 3.8) is 0 Å². The van der Waals surface area contributed by atoms with E-state index in [0.29, 0.717) is 18.1 Å². The van der Waals surface area contributed by atoms with Gasteiger partial charge >= 0.3 is 5.97 Å². The second-order valence-electron chi connectivity index (χ2n) is 4.26. The molecule has 0 saturated carbocycles. The predicted molar refractivity (Wildman–Crippen MR) is 62.8 cm³/mol. The van der Waals surface area contributed by atoms with Gasteiger partial charge in [0.2, 0.25) is 0 Å². The monoisotopic (exact) mass is 222 g/mol. The first-order valence-electron chi connectivity index (χ1n) is 5.42. The highest BCUT2D eigenvalue weighted by molar-refractivity contribution is 5.77. The van der Waals surface area contributed by atoms with Crippen molar-refractivity contribution in [2.75, 3.05) is 7.11 Å². The molecule has 0 saturated heterocycles. The average molecular weight is 222 g/mol. The van der Waals surface area contributed by atoms with Crippen LogP contribution in [0.5, 0.6) is 5.75 Å². The van der Waals surface area contributed by atoms with Crippen LogP contribution in [0, 0.1) is 5.92 Å². The van der Waals surface area contributed by atoms with Crippen LogP contribution in [0.15, 0.2) is 24.3 Å². The van der Waals surface area contributed by atoms with Crippen molar-refractivity contribution in [1.82, 2.24) is 0 Å². The summed E-state index contributed by atoms with van der Waals surface area (Å²) in [5, 5.41) is 9.24. The number of hydrogen-bond donors (Lipinski definition) is 1. The van der Waals surface area contributed by atoms with Crippen molar-refractivity contribution in [2.24, 2.45) is 5.92 Å². The van der Waals surface area contributed by atoms with Gasteiger partial charge in [-0.15, -0.1) is 0 Å². The standard InChI is InChI=1S/C13H18O3/c1-9(2)8-11(13(14)15)10-6-4-5-7-12(10)16-3/h4-7,9,11H,8H2,1-3H3,(H,14,15). The van der Waals surface area contributed by atoms with Crippen LogP contribution in [-0.2, 0) is 4.79 Å². The van der Waals surface area contributed by atoms with Gasteiger partial charge in [0.25, 0.3) is 0 Å². The average Bonchev–Trinajstić information content (AvgIpc) is 2.25. The van der Waals surface area contributed by atoms with Crippen LogP contribution in [0.4, 0.5) is 0 Å². The van der Waals surface area contributed by atoms with Crippen LogP contribution < -0.4 is 4.74 Å². The molecule has 0 fully saturated rings. The van der Waals surface area contributed by atoms with Gasteiger partial charge in [0.1, 0.15) is 5.75 Å². The van der Waals surface area contributed by atoms with Gasteiger partial charge in [-0.3, -0.25) is 4.79 Å².